The lowest BCUT2D eigenvalue weighted by Crippen LogP contribution is -2.50. The Morgan fingerprint density at radius 3 is 2.65 bits per heavy atom. The van der Waals surface area contributed by atoms with Crippen LogP contribution in [0.4, 0.5) is 14.9 Å². The molecule has 1 heterocycles. The normalized spacial score (nSPS) is 16.7. The Morgan fingerprint density at radius 1 is 1.26 bits per heavy atom. The largest absolute Gasteiger partial charge is 0.444 e. The minimum atomic E-state index is -0.600. The Labute approximate surface area is 194 Å². The molecule has 0 spiro atoms. The van der Waals surface area contributed by atoms with E-state index in [0.717, 1.165) is 11.6 Å². The zero-order valence-corrected chi connectivity index (χ0v) is 19.8. The van der Waals surface area contributed by atoms with Gasteiger partial charge in [0.2, 0.25) is 0 Å². The molecule has 2 aromatic carbocycles. The summed E-state index contributed by atoms with van der Waals surface area (Å²) in [7, 11) is 0. The third-order valence-corrected chi connectivity index (χ3v) is 5.64. The predicted molar refractivity (Wildman–Crippen MR) is 122 cm³/mol. The molecule has 2 amide bonds. The first kappa shape index (κ1) is 23.5. The van der Waals surface area contributed by atoms with Crippen LogP contribution in [0.25, 0.3) is 0 Å². The lowest BCUT2D eigenvalue weighted by Gasteiger charge is -2.37. The van der Waals surface area contributed by atoms with Crippen LogP contribution < -0.4 is 10.6 Å². The van der Waals surface area contributed by atoms with Crippen molar-refractivity contribution in [2.75, 3.05) is 25.0 Å². The van der Waals surface area contributed by atoms with E-state index >= 15 is 0 Å². The maximum Gasteiger partial charge on any atom is 0.410 e. The van der Waals surface area contributed by atoms with Crippen molar-refractivity contribution >= 4 is 45.2 Å². The summed E-state index contributed by atoms with van der Waals surface area (Å²) >= 11 is 9.58. The number of piperazine rings is 1. The first-order chi connectivity index (χ1) is 14.5. The van der Waals surface area contributed by atoms with Crippen LogP contribution in [-0.4, -0.2) is 42.1 Å². The zero-order valence-electron chi connectivity index (χ0n) is 17.5. The molecule has 0 aromatic heterocycles. The van der Waals surface area contributed by atoms with Gasteiger partial charge < -0.3 is 15.4 Å². The number of halogens is 3. The van der Waals surface area contributed by atoms with Crippen molar-refractivity contribution in [3.05, 3.63) is 62.8 Å². The van der Waals surface area contributed by atoms with Crippen molar-refractivity contribution < 1.29 is 18.7 Å². The monoisotopic (exact) mass is 511 g/mol. The lowest BCUT2D eigenvalue weighted by molar-refractivity contribution is 0.0118. The van der Waals surface area contributed by atoms with E-state index in [1.54, 1.807) is 23.1 Å². The molecule has 1 aliphatic heterocycles. The van der Waals surface area contributed by atoms with Gasteiger partial charge in [-0.05, 0) is 72.6 Å². The molecule has 1 atom stereocenters. The fourth-order valence-electron chi connectivity index (χ4n) is 3.24. The van der Waals surface area contributed by atoms with Crippen LogP contribution in [-0.2, 0) is 4.74 Å². The Balaban J connectivity index is 1.78. The van der Waals surface area contributed by atoms with Gasteiger partial charge in [0.1, 0.15) is 11.4 Å². The highest BCUT2D eigenvalue weighted by atomic mass is 79.9. The van der Waals surface area contributed by atoms with E-state index in [4.69, 9.17) is 16.3 Å². The SMILES string of the molecule is CC(C)(C)OC(=O)N1CCNCC1c1ccc(NC(=O)c2ccc(Br)c(F)c2)cc1Cl. The second-order valence-corrected chi connectivity index (χ2v) is 9.47. The molecule has 1 fully saturated rings. The van der Waals surface area contributed by atoms with Gasteiger partial charge >= 0.3 is 6.09 Å². The number of hydrogen-bond donors (Lipinski definition) is 2. The molecule has 0 saturated carbocycles. The first-order valence-electron chi connectivity index (χ1n) is 9.81. The maximum absolute atomic E-state index is 13.7. The molecule has 2 N–H and O–H groups in total. The van der Waals surface area contributed by atoms with Crippen molar-refractivity contribution in [2.24, 2.45) is 0 Å². The second kappa shape index (κ2) is 9.54. The molecular formula is C22H24BrClFN3O3. The molecule has 0 aliphatic carbocycles. The average Bonchev–Trinajstić information content (AvgIpc) is 2.69. The van der Waals surface area contributed by atoms with E-state index in [0.29, 0.717) is 30.3 Å². The van der Waals surface area contributed by atoms with Crippen LogP contribution in [0.2, 0.25) is 5.02 Å². The number of amides is 2. The Kier molecular flexibility index (Phi) is 7.24. The second-order valence-electron chi connectivity index (χ2n) is 8.21. The third-order valence-electron chi connectivity index (χ3n) is 4.67. The highest BCUT2D eigenvalue weighted by molar-refractivity contribution is 9.10. The van der Waals surface area contributed by atoms with E-state index in [9.17, 15) is 14.0 Å². The molecular weight excluding hydrogens is 489 g/mol. The molecule has 0 radical (unpaired) electrons. The molecule has 0 bridgehead atoms. The van der Waals surface area contributed by atoms with Crippen LogP contribution in [0.15, 0.2) is 40.9 Å². The van der Waals surface area contributed by atoms with E-state index < -0.39 is 23.4 Å². The van der Waals surface area contributed by atoms with Crippen molar-refractivity contribution in [1.82, 2.24) is 10.2 Å². The summed E-state index contributed by atoms with van der Waals surface area (Å²) in [4.78, 5) is 26.8. The van der Waals surface area contributed by atoms with Crippen LogP contribution >= 0.6 is 27.5 Å². The molecule has 3 rings (SSSR count). The first-order valence-corrected chi connectivity index (χ1v) is 11.0. The fraction of sp³-hybridized carbons (Fsp3) is 0.364. The van der Waals surface area contributed by atoms with E-state index in [2.05, 4.69) is 26.6 Å². The number of carbonyl (C=O) groups is 2. The summed E-state index contributed by atoms with van der Waals surface area (Å²) in [6, 6.07) is 8.94. The summed E-state index contributed by atoms with van der Waals surface area (Å²) in [5.41, 5.74) is 0.798. The van der Waals surface area contributed by atoms with Gasteiger partial charge in [-0.25, -0.2) is 9.18 Å². The van der Waals surface area contributed by atoms with E-state index in [1.807, 2.05) is 20.8 Å². The van der Waals surface area contributed by atoms with E-state index in [-0.39, 0.29) is 16.1 Å². The van der Waals surface area contributed by atoms with Crippen LogP contribution in [0, 0.1) is 5.82 Å². The smallest absolute Gasteiger partial charge is 0.410 e. The Bertz CT molecular complexity index is 996. The molecule has 1 aliphatic rings. The van der Waals surface area contributed by atoms with Gasteiger partial charge in [-0.1, -0.05) is 17.7 Å². The van der Waals surface area contributed by atoms with Crippen molar-refractivity contribution in [1.29, 1.82) is 0 Å². The number of nitrogens with zero attached hydrogens (tertiary/aromatic N) is 1. The summed E-state index contributed by atoms with van der Waals surface area (Å²) in [6.45, 7) is 7.15. The standard InChI is InChI=1S/C22H24BrClFN3O3/c1-22(2,3)31-21(30)28-9-8-26-12-19(28)15-6-5-14(11-17(15)24)27-20(29)13-4-7-16(23)18(25)10-13/h4-7,10-11,19,26H,8-9,12H2,1-3H3,(H,27,29). The van der Waals surface area contributed by atoms with Gasteiger partial charge in [-0.15, -0.1) is 0 Å². The molecule has 166 valence electrons. The minimum absolute atomic E-state index is 0.188. The van der Waals surface area contributed by atoms with Gasteiger partial charge in [0.25, 0.3) is 5.91 Å². The van der Waals surface area contributed by atoms with Crippen molar-refractivity contribution in [3.63, 3.8) is 0 Å². The summed E-state index contributed by atoms with van der Waals surface area (Å²) in [6.07, 6.45) is -0.398. The number of hydrogen-bond acceptors (Lipinski definition) is 4. The van der Waals surface area contributed by atoms with Gasteiger partial charge in [0.05, 0.1) is 10.5 Å². The number of anilines is 1. The predicted octanol–water partition coefficient (Wildman–Crippen LogP) is 5.38. The molecule has 1 saturated heterocycles. The highest BCUT2D eigenvalue weighted by Crippen LogP contribution is 2.32. The molecule has 1 unspecified atom stereocenters. The number of carbonyl (C=O) groups excluding carboxylic acids is 2. The van der Waals surface area contributed by atoms with Gasteiger partial charge in [0.15, 0.2) is 0 Å². The quantitative estimate of drug-likeness (QED) is 0.580. The van der Waals surface area contributed by atoms with Gasteiger partial charge in [-0.2, -0.15) is 0 Å². The van der Waals surface area contributed by atoms with E-state index in [1.165, 1.54) is 12.1 Å². The number of nitrogens with one attached hydrogen (secondary N) is 2. The van der Waals surface area contributed by atoms with Crippen LogP contribution in [0.1, 0.15) is 42.7 Å². The summed E-state index contributed by atoms with van der Waals surface area (Å²) < 4.78 is 19.5. The van der Waals surface area contributed by atoms with Crippen LogP contribution in [0.3, 0.4) is 0 Å². The van der Waals surface area contributed by atoms with Gasteiger partial charge in [-0.3, -0.25) is 9.69 Å². The lowest BCUT2D eigenvalue weighted by atomic mass is 10.0. The molecule has 9 heteroatoms. The third kappa shape index (κ3) is 5.96. The number of benzene rings is 2. The average molecular weight is 513 g/mol. The highest BCUT2D eigenvalue weighted by Gasteiger charge is 2.32. The zero-order chi connectivity index (χ0) is 22.8. The topological polar surface area (TPSA) is 70.7 Å². The summed E-state index contributed by atoms with van der Waals surface area (Å²) in [5, 5.41) is 6.39. The Morgan fingerprint density at radius 2 is 2.00 bits per heavy atom. The molecule has 2 aromatic rings. The molecule has 31 heavy (non-hydrogen) atoms. The van der Waals surface area contributed by atoms with Crippen LogP contribution in [0.5, 0.6) is 0 Å². The van der Waals surface area contributed by atoms with Gasteiger partial charge in [0, 0.05) is 35.9 Å². The van der Waals surface area contributed by atoms with Crippen molar-refractivity contribution in [3.8, 4) is 0 Å². The number of rotatable bonds is 3. The molecule has 6 nitrogen and oxygen atoms in total. The number of ether oxygens (including phenoxy) is 1. The minimum Gasteiger partial charge on any atom is -0.444 e. The fourth-order valence-corrected chi connectivity index (χ4v) is 3.79. The Hall–Kier alpha value is -2.16. The summed E-state index contributed by atoms with van der Waals surface area (Å²) in [5.74, 6) is -0.974. The maximum atomic E-state index is 13.7. The van der Waals surface area contributed by atoms with Crippen molar-refractivity contribution in [2.45, 2.75) is 32.4 Å².